The van der Waals surface area contributed by atoms with E-state index in [0.717, 1.165) is 12.8 Å². The molecule has 7 aromatic rings. The third-order valence-electron chi connectivity index (χ3n) is 8.38. The molecule has 0 aromatic heterocycles. The Kier molecular flexibility index (Phi) is 7.97. The summed E-state index contributed by atoms with van der Waals surface area (Å²) in [6, 6.07) is 63.6. The minimum absolute atomic E-state index is 0.898. The zero-order valence-electron chi connectivity index (χ0n) is 24.7. The highest BCUT2D eigenvalue weighted by atomic mass is 14.1. The molecule has 0 saturated carbocycles. The molecule has 44 heavy (non-hydrogen) atoms. The van der Waals surface area contributed by atoms with Crippen LogP contribution < -0.4 is 0 Å². The van der Waals surface area contributed by atoms with Gasteiger partial charge in [-0.05, 0) is 91.4 Å². The van der Waals surface area contributed by atoms with E-state index in [2.05, 4.69) is 182 Å². The first-order valence-corrected chi connectivity index (χ1v) is 15.4. The highest BCUT2D eigenvalue weighted by Gasteiger charge is 2.08. The van der Waals surface area contributed by atoms with E-state index in [1.165, 1.54) is 66.4 Å². The summed E-state index contributed by atoms with van der Waals surface area (Å²) >= 11 is 0. The van der Waals surface area contributed by atoms with E-state index in [9.17, 15) is 0 Å². The van der Waals surface area contributed by atoms with Crippen LogP contribution in [0.4, 0.5) is 0 Å². The van der Waals surface area contributed by atoms with Crippen LogP contribution in [0.25, 0.3) is 38.6 Å². The van der Waals surface area contributed by atoms with Crippen LogP contribution in [0.15, 0.2) is 182 Å². The Morgan fingerprint density at radius 3 is 1.41 bits per heavy atom. The molecule has 7 rings (SSSR count). The van der Waals surface area contributed by atoms with E-state index in [1.54, 1.807) is 0 Å². The molecule has 0 aliphatic heterocycles. The van der Waals surface area contributed by atoms with Crippen LogP contribution in [-0.4, -0.2) is 0 Å². The standard InChI is InChI=1S/C44H34/c1-4-10-33(11-5-1)18-29-44(39-14-8-3-9-15-39)40-25-21-37(22-26-40)42-28-24-38-23-27-41(31-43(38)32-42)36-19-16-35(17-20-36)30-34-12-6-2-7-13-34/h1-17,19-29,31-32H,18,30H2/b44-29+. The Bertz CT molecular complexity index is 2000. The molecule has 0 radical (unpaired) electrons. The highest BCUT2D eigenvalue weighted by molar-refractivity contribution is 5.91. The number of allylic oxidation sites excluding steroid dienone is 1. The molecule has 210 valence electrons. The van der Waals surface area contributed by atoms with Crippen molar-refractivity contribution in [2.45, 2.75) is 12.8 Å². The van der Waals surface area contributed by atoms with Gasteiger partial charge in [0.25, 0.3) is 0 Å². The monoisotopic (exact) mass is 562 g/mol. The quantitative estimate of drug-likeness (QED) is 0.173. The fraction of sp³-hybridized carbons (Fsp3) is 0.0455. The first kappa shape index (κ1) is 27.4. The van der Waals surface area contributed by atoms with Gasteiger partial charge in [0.05, 0.1) is 0 Å². The number of fused-ring (bicyclic) bond motifs is 1. The number of rotatable bonds is 8. The van der Waals surface area contributed by atoms with Gasteiger partial charge in [0.1, 0.15) is 0 Å². The van der Waals surface area contributed by atoms with Crippen molar-refractivity contribution in [2.75, 3.05) is 0 Å². The molecule has 0 atom stereocenters. The average molecular weight is 563 g/mol. The van der Waals surface area contributed by atoms with Gasteiger partial charge < -0.3 is 0 Å². The normalized spacial score (nSPS) is 11.5. The van der Waals surface area contributed by atoms with Crippen LogP contribution in [0.2, 0.25) is 0 Å². The number of hydrogen-bond donors (Lipinski definition) is 0. The maximum absolute atomic E-state index is 2.35. The summed E-state index contributed by atoms with van der Waals surface area (Å²) in [4.78, 5) is 0. The first-order valence-electron chi connectivity index (χ1n) is 15.4. The molecule has 0 spiro atoms. The maximum Gasteiger partial charge on any atom is -0.00258 e. The highest BCUT2D eigenvalue weighted by Crippen LogP contribution is 2.31. The van der Waals surface area contributed by atoms with Gasteiger partial charge in [-0.15, -0.1) is 0 Å². The van der Waals surface area contributed by atoms with Crippen molar-refractivity contribution in [2.24, 2.45) is 0 Å². The van der Waals surface area contributed by atoms with Crippen molar-refractivity contribution >= 4 is 16.3 Å². The maximum atomic E-state index is 2.35. The van der Waals surface area contributed by atoms with Crippen molar-refractivity contribution in [3.63, 3.8) is 0 Å². The lowest BCUT2D eigenvalue weighted by molar-refractivity contribution is 1.19. The fourth-order valence-electron chi connectivity index (χ4n) is 5.95. The lowest BCUT2D eigenvalue weighted by Crippen LogP contribution is -1.91. The van der Waals surface area contributed by atoms with Crippen LogP contribution in [0.3, 0.4) is 0 Å². The minimum atomic E-state index is 0.898. The minimum Gasteiger partial charge on any atom is -0.0717 e. The molecule has 0 saturated heterocycles. The summed E-state index contributed by atoms with van der Waals surface area (Å²) in [5.74, 6) is 0. The molecule has 0 N–H and O–H groups in total. The van der Waals surface area contributed by atoms with Gasteiger partial charge in [0.15, 0.2) is 0 Å². The summed E-state index contributed by atoms with van der Waals surface area (Å²) in [6.07, 6.45) is 4.21. The van der Waals surface area contributed by atoms with Crippen LogP contribution in [-0.2, 0) is 12.8 Å². The van der Waals surface area contributed by atoms with Gasteiger partial charge in [-0.25, -0.2) is 0 Å². The van der Waals surface area contributed by atoms with Gasteiger partial charge >= 0.3 is 0 Å². The molecule has 0 fully saturated rings. The van der Waals surface area contributed by atoms with Crippen LogP contribution in [0.1, 0.15) is 27.8 Å². The topological polar surface area (TPSA) is 0 Å². The molecule has 0 amide bonds. The second kappa shape index (κ2) is 12.8. The lowest BCUT2D eigenvalue weighted by atomic mass is 9.93. The number of hydrogen-bond acceptors (Lipinski definition) is 0. The molecule has 0 heterocycles. The van der Waals surface area contributed by atoms with Gasteiger partial charge in [0.2, 0.25) is 0 Å². The fourth-order valence-corrected chi connectivity index (χ4v) is 5.95. The Balaban J connectivity index is 1.14. The lowest BCUT2D eigenvalue weighted by Gasteiger charge is -2.11. The molecule has 0 unspecified atom stereocenters. The smallest absolute Gasteiger partial charge is 0.00258 e. The van der Waals surface area contributed by atoms with Crippen LogP contribution >= 0.6 is 0 Å². The zero-order valence-corrected chi connectivity index (χ0v) is 24.7. The summed E-state index contributed by atoms with van der Waals surface area (Å²) in [5.41, 5.74) is 12.7. The van der Waals surface area contributed by atoms with Gasteiger partial charge in [-0.2, -0.15) is 0 Å². The molecule has 7 aromatic carbocycles. The molecular formula is C44H34. The summed E-state index contributed by atoms with van der Waals surface area (Å²) < 4.78 is 0. The van der Waals surface area contributed by atoms with E-state index in [4.69, 9.17) is 0 Å². The van der Waals surface area contributed by atoms with E-state index in [-0.39, 0.29) is 0 Å². The predicted octanol–water partition coefficient (Wildman–Crippen LogP) is 11.4. The summed E-state index contributed by atoms with van der Waals surface area (Å²) in [5, 5.41) is 2.51. The van der Waals surface area contributed by atoms with Crippen molar-refractivity contribution < 1.29 is 0 Å². The van der Waals surface area contributed by atoms with E-state index >= 15 is 0 Å². The largest absolute Gasteiger partial charge is 0.0717 e. The predicted molar refractivity (Wildman–Crippen MR) is 188 cm³/mol. The van der Waals surface area contributed by atoms with Crippen LogP contribution in [0, 0.1) is 0 Å². The molecule has 0 bridgehead atoms. The Labute approximate surface area is 260 Å². The summed E-state index contributed by atoms with van der Waals surface area (Å²) in [7, 11) is 0. The van der Waals surface area contributed by atoms with Crippen molar-refractivity contribution in [1.82, 2.24) is 0 Å². The van der Waals surface area contributed by atoms with Crippen molar-refractivity contribution in [3.05, 3.63) is 210 Å². The SMILES string of the molecule is C(/Cc1ccccc1)=C(/c1ccccc1)c1ccc(-c2ccc3ccc(-c4ccc(Cc5ccccc5)cc4)cc3c2)cc1. The first-order chi connectivity index (χ1) is 21.8. The second-order valence-electron chi connectivity index (χ2n) is 11.4. The van der Waals surface area contributed by atoms with Crippen molar-refractivity contribution in [1.29, 1.82) is 0 Å². The van der Waals surface area contributed by atoms with Crippen LogP contribution in [0.5, 0.6) is 0 Å². The Morgan fingerprint density at radius 1 is 0.364 bits per heavy atom. The van der Waals surface area contributed by atoms with Gasteiger partial charge in [-0.1, -0.05) is 170 Å². The number of benzene rings is 7. The summed E-state index contributed by atoms with van der Waals surface area (Å²) in [6.45, 7) is 0. The third kappa shape index (κ3) is 6.31. The van der Waals surface area contributed by atoms with Crippen molar-refractivity contribution in [3.8, 4) is 22.3 Å². The van der Waals surface area contributed by atoms with E-state index in [0.29, 0.717) is 0 Å². The molecule has 0 aliphatic carbocycles. The molecule has 0 aliphatic rings. The Hall–Kier alpha value is -5.46. The van der Waals surface area contributed by atoms with Gasteiger partial charge in [0, 0.05) is 0 Å². The van der Waals surface area contributed by atoms with Gasteiger partial charge in [-0.3, -0.25) is 0 Å². The average Bonchev–Trinajstić information content (AvgIpc) is 3.10. The Morgan fingerprint density at radius 2 is 0.818 bits per heavy atom. The zero-order chi connectivity index (χ0) is 29.6. The molecule has 0 heteroatoms. The molecule has 0 nitrogen and oxygen atoms in total. The second-order valence-corrected chi connectivity index (χ2v) is 11.4. The van der Waals surface area contributed by atoms with E-state index in [1.807, 2.05) is 0 Å². The van der Waals surface area contributed by atoms with E-state index < -0.39 is 0 Å². The molecular weight excluding hydrogens is 528 g/mol. The third-order valence-corrected chi connectivity index (χ3v) is 8.38.